The van der Waals surface area contributed by atoms with Crippen molar-refractivity contribution < 1.29 is 0 Å². The van der Waals surface area contributed by atoms with Crippen LogP contribution in [0, 0.1) is 0 Å². The fourth-order valence-electron chi connectivity index (χ4n) is 0.756. The molecule has 0 radical (unpaired) electrons. The monoisotopic (exact) mass is 245 g/mol. The van der Waals surface area contributed by atoms with Gasteiger partial charge in [-0.2, -0.15) is 0 Å². The highest BCUT2D eigenvalue weighted by molar-refractivity contribution is 6.44. The third kappa shape index (κ3) is 2.41. The molecule has 0 unspecified atom stereocenters. The molecule has 0 saturated carbocycles. The average molecular weight is 247 g/mol. The van der Waals surface area contributed by atoms with Crippen LogP contribution in [-0.4, -0.2) is 0 Å². The van der Waals surface area contributed by atoms with Crippen molar-refractivity contribution in [2.24, 2.45) is 5.73 Å². The van der Waals surface area contributed by atoms with Gasteiger partial charge in [0.1, 0.15) is 0 Å². The average Bonchev–Trinajstić information content (AvgIpc) is 1.99. The van der Waals surface area contributed by atoms with Gasteiger partial charge in [0.2, 0.25) is 0 Å². The Balaban J connectivity index is 0.00000121. The van der Waals surface area contributed by atoms with E-state index in [0.29, 0.717) is 27.2 Å². The summed E-state index contributed by atoms with van der Waals surface area (Å²) in [6.45, 7) is 0.304. The molecule has 1 aromatic carbocycles. The molecule has 12 heavy (non-hydrogen) atoms. The Morgan fingerprint density at radius 3 is 2.00 bits per heavy atom. The SMILES string of the molecule is Cl.NCc1c(Cl)ccc(Cl)c1Cl. The summed E-state index contributed by atoms with van der Waals surface area (Å²) in [5.41, 5.74) is 6.09. The molecule has 0 spiro atoms. The van der Waals surface area contributed by atoms with Crippen molar-refractivity contribution in [2.45, 2.75) is 6.54 Å². The second-order valence-corrected chi connectivity index (χ2v) is 3.22. The van der Waals surface area contributed by atoms with E-state index >= 15 is 0 Å². The van der Waals surface area contributed by atoms with E-state index in [2.05, 4.69) is 0 Å². The second-order valence-electron chi connectivity index (χ2n) is 2.03. The molecular formula is C7H7Cl4N. The van der Waals surface area contributed by atoms with Gasteiger partial charge in [0.15, 0.2) is 0 Å². The first kappa shape index (κ1) is 12.3. The minimum absolute atomic E-state index is 0. The molecule has 1 nitrogen and oxygen atoms in total. The Kier molecular flexibility index (Phi) is 5.30. The molecule has 5 heteroatoms. The van der Waals surface area contributed by atoms with Crippen molar-refractivity contribution in [1.82, 2.24) is 0 Å². The molecule has 0 aromatic heterocycles. The molecule has 0 bridgehead atoms. The fourth-order valence-corrected chi connectivity index (χ4v) is 1.46. The second kappa shape index (κ2) is 5.15. The highest BCUT2D eigenvalue weighted by Gasteiger charge is 2.06. The predicted octanol–water partition coefficient (Wildman–Crippen LogP) is 3.53. The van der Waals surface area contributed by atoms with Gasteiger partial charge in [0.25, 0.3) is 0 Å². The maximum Gasteiger partial charge on any atom is 0.0652 e. The van der Waals surface area contributed by atoms with Gasteiger partial charge in [-0.25, -0.2) is 0 Å². The summed E-state index contributed by atoms with van der Waals surface area (Å²) in [5, 5.41) is 1.49. The normalized spacial score (nSPS) is 9.33. The smallest absolute Gasteiger partial charge is 0.0652 e. The zero-order valence-electron chi connectivity index (χ0n) is 5.98. The third-order valence-electron chi connectivity index (χ3n) is 1.34. The zero-order chi connectivity index (χ0) is 8.43. The van der Waals surface area contributed by atoms with E-state index in [9.17, 15) is 0 Å². The summed E-state index contributed by atoms with van der Waals surface area (Å²) in [7, 11) is 0. The summed E-state index contributed by atoms with van der Waals surface area (Å²) in [4.78, 5) is 0. The number of hydrogen-bond donors (Lipinski definition) is 1. The van der Waals surface area contributed by atoms with Crippen LogP contribution in [0.25, 0.3) is 0 Å². The number of nitrogens with two attached hydrogens (primary N) is 1. The topological polar surface area (TPSA) is 26.0 Å². The number of rotatable bonds is 1. The Morgan fingerprint density at radius 2 is 1.58 bits per heavy atom. The van der Waals surface area contributed by atoms with E-state index in [1.807, 2.05) is 0 Å². The van der Waals surface area contributed by atoms with Crippen LogP contribution in [0.4, 0.5) is 0 Å². The van der Waals surface area contributed by atoms with Crippen molar-refractivity contribution in [2.75, 3.05) is 0 Å². The Hall–Kier alpha value is 0.340. The Labute approximate surface area is 92.2 Å². The van der Waals surface area contributed by atoms with Crippen LogP contribution < -0.4 is 5.73 Å². The number of hydrogen-bond acceptors (Lipinski definition) is 1. The molecule has 0 aliphatic heterocycles. The first-order chi connectivity index (χ1) is 5.16. The van der Waals surface area contributed by atoms with E-state index < -0.39 is 0 Å². The zero-order valence-corrected chi connectivity index (χ0v) is 9.07. The van der Waals surface area contributed by atoms with E-state index in [1.54, 1.807) is 12.1 Å². The Bertz CT molecular complexity index is 274. The molecule has 1 aromatic rings. The molecule has 2 N–H and O–H groups in total. The lowest BCUT2D eigenvalue weighted by molar-refractivity contribution is 1.07. The summed E-state index contributed by atoms with van der Waals surface area (Å²) < 4.78 is 0. The standard InChI is InChI=1S/C7H6Cl3N.ClH/c8-5-1-2-6(9)7(10)4(5)3-11;/h1-2H,3,11H2;1H. The van der Waals surface area contributed by atoms with Gasteiger partial charge in [-0.1, -0.05) is 34.8 Å². The van der Waals surface area contributed by atoms with E-state index in [0.717, 1.165) is 0 Å². The lowest BCUT2D eigenvalue weighted by Gasteiger charge is -2.04. The first-order valence-electron chi connectivity index (χ1n) is 2.99. The number of halogens is 4. The van der Waals surface area contributed by atoms with Gasteiger partial charge in [-0.15, -0.1) is 12.4 Å². The van der Waals surface area contributed by atoms with E-state index in [1.165, 1.54) is 0 Å². The van der Waals surface area contributed by atoms with Crippen molar-refractivity contribution in [3.63, 3.8) is 0 Å². The minimum atomic E-state index is 0. The van der Waals surface area contributed by atoms with E-state index in [-0.39, 0.29) is 12.4 Å². The quantitative estimate of drug-likeness (QED) is 0.754. The summed E-state index contributed by atoms with van der Waals surface area (Å²) in [6, 6.07) is 3.32. The fraction of sp³-hybridized carbons (Fsp3) is 0.143. The molecule has 0 amide bonds. The van der Waals surface area contributed by atoms with Crippen molar-refractivity contribution >= 4 is 47.2 Å². The molecule has 0 fully saturated rings. The van der Waals surface area contributed by atoms with Crippen LogP contribution >= 0.6 is 47.2 Å². The summed E-state index contributed by atoms with van der Waals surface area (Å²) in [6.07, 6.45) is 0. The lowest BCUT2D eigenvalue weighted by Crippen LogP contribution is -1.98. The van der Waals surface area contributed by atoms with Crippen LogP contribution in [0.3, 0.4) is 0 Å². The van der Waals surface area contributed by atoms with Gasteiger partial charge in [-0.3, -0.25) is 0 Å². The van der Waals surface area contributed by atoms with Gasteiger partial charge in [-0.05, 0) is 12.1 Å². The number of benzene rings is 1. The molecule has 1 rings (SSSR count). The summed E-state index contributed by atoms with van der Waals surface area (Å²) >= 11 is 17.3. The van der Waals surface area contributed by atoms with Gasteiger partial charge in [0.05, 0.1) is 10.0 Å². The molecule has 0 aliphatic rings. The molecule has 0 atom stereocenters. The van der Waals surface area contributed by atoms with Crippen molar-refractivity contribution in [3.05, 3.63) is 32.8 Å². The predicted molar refractivity (Wildman–Crippen MR) is 56.6 cm³/mol. The molecule has 0 saturated heterocycles. The third-order valence-corrected chi connectivity index (χ3v) is 2.54. The first-order valence-corrected chi connectivity index (χ1v) is 4.12. The van der Waals surface area contributed by atoms with Crippen LogP contribution in [0.1, 0.15) is 5.56 Å². The molecule has 0 aliphatic carbocycles. The van der Waals surface area contributed by atoms with Gasteiger partial charge < -0.3 is 5.73 Å². The highest BCUT2D eigenvalue weighted by Crippen LogP contribution is 2.30. The maximum atomic E-state index is 5.80. The van der Waals surface area contributed by atoms with Crippen LogP contribution in [-0.2, 0) is 6.54 Å². The van der Waals surface area contributed by atoms with Crippen LogP contribution in [0.5, 0.6) is 0 Å². The minimum Gasteiger partial charge on any atom is -0.326 e. The van der Waals surface area contributed by atoms with Gasteiger partial charge >= 0.3 is 0 Å². The van der Waals surface area contributed by atoms with Crippen LogP contribution in [0.2, 0.25) is 15.1 Å². The summed E-state index contributed by atoms with van der Waals surface area (Å²) in [5.74, 6) is 0. The highest BCUT2D eigenvalue weighted by atomic mass is 35.5. The maximum absolute atomic E-state index is 5.80. The van der Waals surface area contributed by atoms with Crippen molar-refractivity contribution in [3.8, 4) is 0 Å². The van der Waals surface area contributed by atoms with Gasteiger partial charge in [0, 0.05) is 17.1 Å². The Morgan fingerprint density at radius 1 is 1.08 bits per heavy atom. The van der Waals surface area contributed by atoms with E-state index in [4.69, 9.17) is 40.5 Å². The van der Waals surface area contributed by atoms with Crippen LogP contribution in [0.15, 0.2) is 12.1 Å². The lowest BCUT2D eigenvalue weighted by atomic mass is 10.2. The van der Waals surface area contributed by atoms with Crippen molar-refractivity contribution in [1.29, 1.82) is 0 Å². The molecule has 68 valence electrons. The molecule has 0 heterocycles. The molecular weight excluding hydrogens is 240 g/mol. The largest absolute Gasteiger partial charge is 0.326 e.